The van der Waals surface area contributed by atoms with Crippen molar-refractivity contribution in [2.24, 2.45) is 0 Å². The van der Waals surface area contributed by atoms with Crippen LogP contribution in [0.4, 0.5) is 5.69 Å². The molecule has 0 aliphatic heterocycles. The Morgan fingerprint density at radius 1 is 1.24 bits per heavy atom. The van der Waals surface area contributed by atoms with E-state index in [0.29, 0.717) is 28.7 Å². The second-order valence-corrected chi connectivity index (χ2v) is 7.54. The van der Waals surface area contributed by atoms with Crippen LogP contribution in [-0.4, -0.2) is 33.1 Å². The van der Waals surface area contributed by atoms with Gasteiger partial charge in [0.15, 0.2) is 5.82 Å². The lowest BCUT2D eigenvalue weighted by Crippen LogP contribution is -2.24. The molecule has 1 amide bonds. The van der Waals surface area contributed by atoms with Gasteiger partial charge in [0, 0.05) is 12.1 Å². The van der Waals surface area contributed by atoms with Crippen molar-refractivity contribution in [3.8, 4) is 11.8 Å². The number of carbonyl (C=O) groups is 1. The third-order valence-electron chi connectivity index (χ3n) is 4.19. The first-order chi connectivity index (χ1) is 14.0. The van der Waals surface area contributed by atoms with E-state index >= 15 is 0 Å². The van der Waals surface area contributed by atoms with Crippen LogP contribution < -0.4 is 15.9 Å². The first-order valence-corrected chi connectivity index (χ1v) is 9.68. The summed E-state index contributed by atoms with van der Waals surface area (Å²) in [5.41, 5.74) is 2.18. The number of aromatic nitrogens is 3. The predicted octanol–water partition coefficient (Wildman–Crippen LogP) is 2.58. The maximum atomic E-state index is 12.4. The van der Waals surface area contributed by atoms with Crippen LogP contribution in [0.15, 0.2) is 53.7 Å². The van der Waals surface area contributed by atoms with E-state index in [2.05, 4.69) is 15.5 Å². The van der Waals surface area contributed by atoms with Gasteiger partial charge in [-0.2, -0.15) is 5.26 Å². The van der Waals surface area contributed by atoms with E-state index in [9.17, 15) is 4.79 Å². The smallest absolute Gasteiger partial charge is 0.237 e. The fourth-order valence-electron chi connectivity index (χ4n) is 2.52. The van der Waals surface area contributed by atoms with Gasteiger partial charge >= 0.3 is 0 Å². The molecule has 0 fully saturated rings. The molecule has 0 unspecified atom stereocenters. The number of anilines is 1. The average Bonchev–Trinajstić information content (AvgIpc) is 3.08. The van der Waals surface area contributed by atoms with Crippen molar-refractivity contribution in [3.63, 3.8) is 0 Å². The lowest BCUT2D eigenvalue weighted by atomic mass is 10.1. The number of nitrogen functional groups attached to an aromatic ring is 1. The molecule has 0 aliphatic rings. The zero-order valence-corrected chi connectivity index (χ0v) is 16.8. The summed E-state index contributed by atoms with van der Waals surface area (Å²) in [4.78, 5) is 12.4. The number of carbonyl (C=O) groups excluding carboxylic acids is 1. The van der Waals surface area contributed by atoms with Crippen LogP contribution in [0.25, 0.3) is 0 Å². The average molecular weight is 408 g/mol. The molecule has 148 valence electrons. The Labute approximate surface area is 172 Å². The first-order valence-electron chi connectivity index (χ1n) is 8.80. The van der Waals surface area contributed by atoms with Gasteiger partial charge in [0.25, 0.3) is 0 Å². The van der Waals surface area contributed by atoms with E-state index in [0.717, 1.165) is 11.3 Å². The molecule has 1 heterocycles. The number of nitrogens with zero attached hydrogens (tertiary/aromatic N) is 4. The summed E-state index contributed by atoms with van der Waals surface area (Å²) in [6, 6.07) is 16.3. The molecule has 8 nitrogen and oxygen atoms in total. The number of methoxy groups -OCH3 is 1. The van der Waals surface area contributed by atoms with Crippen molar-refractivity contribution in [1.29, 1.82) is 5.26 Å². The lowest BCUT2D eigenvalue weighted by molar-refractivity contribution is -0.115. The SMILES string of the molecule is COc1ccc(Cc2nnc(S[C@@H](C)C(=O)Nc3ccc(C#N)cc3)n2N)cc1. The number of nitrogens with two attached hydrogens (primary N) is 1. The Morgan fingerprint density at radius 3 is 2.55 bits per heavy atom. The van der Waals surface area contributed by atoms with Crippen molar-refractivity contribution in [3.05, 3.63) is 65.5 Å². The van der Waals surface area contributed by atoms with Gasteiger partial charge in [-0.1, -0.05) is 23.9 Å². The Bertz CT molecular complexity index is 1020. The van der Waals surface area contributed by atoms with E-state index in [1.165, 1.54) is 16.4 Å². The van der Waals surface area contributed by atoms with E-state index in [1.54, 1.807) is 38.3 Å². The summed E-state index contributed by atoms with van der Waals surface area (Å²) in [6.45, 7) is 1.77. The monoisotopic (exact) mass is 408 g/mol. The summed E-state index contributed by atoms with van der Waals surface area (Å²) < 4.78 is 6.56. The quantitative estimate of drug-likeness (QED) is 0.455. The summed E-state index contributed by atoms with van der Waals surface area (Å²) in [7, 11) is 1.62. The number of amides is 1. The minimum absolute atomic E-state index is 0.195. The van der Waals surface area contributed by atoms with Gasteiger partial charge in [-0.25, -0.2) is 4.68 Å². The third kappa shape index (κ3) is 5.06. The zero-order valence-electron chi connectivity index (χ0n) is 16.0. The highest BCUT2D eigenvalue weighted by molar-refractivity contribution is 8.00. The van der Waals surface area contributed by atoms with Crippen LogP contribution in [0.1, 0.15) is 23.9 Å². The van der Waals surface area contributed by atoms with Gasteiger partial charge in [-0.3, -0.25) is 4.79 Å². The van der Waals surface area contributed by atoms with Crippen LogP contribution in [0.5, 0.6) is 5.75 Å². The highest BCUT2D eigenvalue weighted by Crippen LogP contribution is 2.23. The summed E-state index contributed by atoms with van der Waals surface area (Å²) >= 11 is 1.22. The van der Waals surface area contributed by atoms with Crippen LogP contribution in [0, 0.1) is 11.3 Å². The molecule has 0 radical (unpaired) electrons. The third-order valence-corrected chi connectivity index (χ3v) is 5.25. The van der Waals surface area contributed by atoms with Crippen LogP contribution in [-0.2, 0) is 11.2 Å². The van der Waals surface area contributed by atoms with Gasteiger partial charge in [0.05, 0.1) is 24.0 Å². The van der Waals surface area contributed by atoms with Crippen molar-refractivity contribution in [1.82, 2.24) is 14.9 Å². The predicted molar refractivity (Wildman–Crippen MR) is 111 cm³/mol. The van der Waals surface area contributed by atoms with Crippen LogP contribution in [0.3, 0.4) is 0 Å². The van der Waals surface area contributed by atoms with Crippen molar-refractivity contribution in [2.45, 2.75) is 23.8 Å². The molecule has 1 atom stereocenters. The minimum atomic E-state index is -0.439. The van der Waals surface area contributed by atoms with E-state index in [-0.39, 0.29) is 5.91 Å². The topological polar surface area (TPSA) is 119 Å². The largest absolute Gasteiger partial charge is 0.497 e. The molecule has 0 aliphatic carbocycles. The molecule has 1 aromatic heterocycles. The maximum absolute atomic E-state index is 12.4. The number of ether oxygens (including phenoxy) is 1. The van der Waals surface area contributed by atoms with Crippen molar-refractivity contribution < 1.29 is 9.53 Å². The van der Waals surface area contributed by atoms with Crippen molar-refractivity contribution in [2.75, 3.05) is 18.3 Å². The number of thioether (sulfide) groups is 1. The van der Waals surface area contributed by atoms with E-state index < -0.39 is 5.25 Å². The molecular weight excluding hydrogens is 388 g/mol. The van der Waals surface area contributed by atoms with Gasteiger partial charge in [0.1, 0.15) is 5.75 Å². The number of nitrogens with one attached hydrogen (secondary N) is 1. The summed E-state index contributed by atoms with van der Waals surface area (Å²) in [5, 5.41) is 19.9. The number of hydrogen-bond acceptors (Lipinski definition) is 7. The zero-order chi connectivity index (χ0) is 20.8. The molecule has 0 bridgehead atoms. The summed E-state index contributed by atoms with van der Waals surface area (Å²) in [6.07, 6.45) is 0.514. The Morgan fingerprint density at radius 2 is 1.93 bits per heavy atom. The standard InChI is InChI=1S/C20H20N6O2S/c1-13(19(27)23-16-7-3-15(12-21)4-8-16)29-20-25-24-18(26(20)22)11-14-5-9-17(28-2)10-6-14/h3-10,13H,11,22H2,1-2H3,(H,23,27)/t13-/m0/s1. The lowest BCUT2D eigenvalue weighted by Gasteiger charge is -2.11. The van der Waals surface area contributed by atoms with Gasteiger partial charge in [0.2, 0.25) is 11.1 Å². The van der Waals surface area contributed by atoms with E-state index in [4.69, 9.17) is 15.8 Å². The highest BCUT2D eigenvalue weighted by atomic mass is 32.2. The van der Waals surface area contributed by atoms with E-state index in [1.807, 2.05) is 30.3 Å². The summed E-state index contributed by atoms with van der Waals surface area (Å²) in [5.74, 6) is 7.30. The molecule has 2 aromatic carbocycles. The Balaban J connectivity index is 1.61. The molecule has 29 heavy (non-hydrogen) atoms. The second-order valence-electron chi connectivity index (χ2n) is 6.23. The molecular formula is C20H20N6O2S. The van der Waals surface area contributed by atoms with Crippen LogP contribution >= 0.6 is 11.8 Å². The molecule has 3 aromatic rings. The van der Waals surface area contributed by atoms with Gasteiger partial charge in [-0.15, -0.1) is 10.2 Å². The second kappa shape index (κ2) is 9.12. The molecule has 0 spiro atoms. The highest BCUT2D eigenvalue weighted by Gasteiger charge is 2.19. The normalized spacial score (nSPS) is 11.5. The van der Waals surface area contributed by atoms with Gasteiger partial charge in [-0.05, 0) is 48.9 Å². The fraction of sp³-hybridized carbons (Fsp3) is 0.200. The van der Waals surface area contributed by atoms with Crippen LogP contribution in [0.2, 0.25) is 0 Å². The van der Waals surface area contributed by atoms with Gasteiger partial charge < -0.3 is 15.9 Å². The number of nitriles is 1. The van der Waals surface area contributed by atoms with Crippen molar-refractivity contribution >= 4 is 23.4 Å². The Hall–Kier alpha value is -3.51. The molecule has 0 saturated carbocycles. The number of benzene rings is 2. The Kier molecular flexibility index (Phi) is 6.36. The molecule has 3 rings (SSSR count). The minimum Gasteiger partial charge on any atom is -0.497 e. The number of rotatable bonds is 7. The maximum Gasteiger partial charge on any atom is 0.237 e. The number of hydrogen-bond donors (Lipinski definition) is 2. The molecule has 3 N–H and O–H groups in total. The molecule has 9 heteroatoms. The first kappa shape index (κ1) is 20.2. The fourth-order valence-corrected chi connectivity index (χ4v) is 3.31. The molecule has 0 saturated heterocycles.